The van der Waals surface area contributed by atoms with E-state index < -0.39 is 5.91 Å². The van der Waals surface area contributed by atoms with Gasteiger partial charge in [-0.15, -0.1) is 5.10 Å². The van der Waals surface area contributed by atoms with Crippen LogP contribution in [0.3, 0.4) is 0 Å². The number of amides is 1. The van der Waals surface area contributed by atoms with Crippen LogP contribution < -0.4 is 10.1 Å². The smallest absolute Gasteiger partial charge is 0.293 e. The number of nitrogens with one attached hydrogen (secondary N) is 1. The van der Waals surface area contributed by atoms with Crippen molar-refractivity contribution in [1.29, 1.82) is 0 Å². The third kappa shape index (κ3) is 5.88. The van der Waals surface area contributed by atoms with Crippen LogP contribution in [-0.2, 0) is 18.6 Å². The van der Waals surface area contributed by atoms with Gasteiger partial charge in [0.1, 0.15) is 24.4 Å². The Balaban J connectivity index is 1.31. The molecule has 4 rings (SSSR count). The number of carbonyl (C=O) groups excluding carboxylic acids is 1. The Bertz CT molecular complexity index is 1230. The predicted octanol–water partition coefficient (Wildman–Crippen LogP) is 5.36. The number of anilines is 1. The molecule has 7 nitrogen and oxygen atoms in total. The van der Waals surface area contributed by atoms with Crippen LogP contribution in [0.5, 0.6) is 5.75 Å². The molecule has 1 amide bonds. The Labute approximate surface area is 193 Å². The second-order valence-corrected chi connectivity index (χ2v) is 9.04. The highest BCUT2D eigenvalue weighted by Gasteiger charge is 2.15. The molecule has 1 N–H and O–H groups in total. The van der Waals surface area contributed by atoms with E-state index in [1.54, 1.807) is 23.1 Å². The third-order valence-corrected chi connectivity index (χ3v) is 5.18. The van der Waals surface area contributed by atoms with Crippen molar-refractivity contribution in [3.8, 4) is 5.75 Å². The minimum Gasteiger partial charge on any atom is -0.486 e. The molecule has 2 heterocycles. The van der Waals surface area contributed by atoms with Crippen LogP contribution in [0, 0.1) is 6.92 Å². The average Bonchev–Trinajstić information content (AvgIpc) is 3.42. The molecule has 7 heteroatoms. The van der Waals surface area contributed by atoms with Crippen LogP contribution in [-0.4, -0.2) is 20.7 Å². The number of nitrogens with zero attached hydrogens (tertiary/aromatic N) is 3. The van der Waals surface area contributed by atoms with Crippen molar-refractivity contribution in [3.63, 3.8) is 0 Å². The highest BCUT2D eigenvalue weighted by atomic mass is 16.5. The van der Waals surface area contributed by atoms with Gasteiger partial charge in [-0.05, 0) is 47.7 Å². The predicted molar refractivity (Wildman–Crippen MR) is 126 cm³/mol. The largest absolute Gasteiger partial charge is 0.486 e. The van der Waals surface area contributed by atoms with Gasteiger partial charge in [0, 0.05) is 0 Å². The molecule has 0 atom stereocenters. The number of benzene rings is 2. The Morgan fingerprint density at radius 2 is 1.88 bits per heavy atom. The number of furan rings is 1. The molecule has 0 saturated carbocycles. The molecule has 0 bridgehead atoms. The van der Waals surface area contributed by atoms with Crippen molar-refractivity contribution in [2.45, 2.75) is 46.3 Å². The summed E-state index contributed by atoms with van der Waals surface area (Å²) in [6, 6.07) is 19.5. The van der Waals surface area contributed by atoms with Gasteiger partial charge in [-0.2, -0.15) is 0 Å². The molecule has 2 aromatic heterocycles. The van der Waals surface area contributed by atoms with Gasteiger partial charge in [-0.3, -0.25) is 10.1 Å². The Morgan fingerprint density at radius 1 is 1.09 bits per heavy atom. The molecule has 0 radical (unpaired) electrons. The van der Waals surface area contributed by atoms with Crippen LogP contribution in [0.2, 0.25) is 0 Å². The van der Waals surface area contributed by atoms with Gasteiger partial charge in [-0.25, -0.2) is 9.67 Å². The quantitative estimate of drug-likeness (QED) is 0.415. The maximum absolute atomic E-state index is 12.5. The van der Waals surface area contributed by atoms with E-state index in [0.717, 1.165) is 11.3 Å². The fraction of sp³-hybridized carbons (Fsp3) is 0.269. The summed E-state index contributed by atoms with van der Waals surface area (Å²) < 4.78 is 13.1. The number of hydrogen-bond donors (Lipinski definition) is 1. The summed E-state index contributed by atoms with van der Waals surface area (Å²) in [7, 11) is 0. The summed E-state index contributed by atoms with van der Waals surface area (Å²) in [5.41, 5.74) is 3.62. The summed E-state index contributed by atoms with van der Waals surface area (Å²) in [6.45, 7) is 9.35. The normalized spacial score (nSPS) is 11.4. The van der Waals surface area contributed by atoms with Crippen LogP contribution in [0.1, 0.15) is 53.8 Å². The maximum atomic E-state index is 12.5. The molecule has 0 saturated heterocycles. The maximum Gasteiger partial charge on any atom is 0.293 e. The standard InChI is InChI=1S/C26H28N4O3/c1-18-6-5-7-19(14-18)15-30-17-27-25(29-30)28-24(31)23-13-12-22(33-23)16-32-21-10-8-20(9-11-21)26(2,3)4/h5-14,17H,15-16H2,1-4H3,(H,28,29,31). The fourth-order valence-electron chi connectivity index (χ4n) is 3.37. The zero-order valence-electron chi connectivity index (χ0n) is 19.3. The first-order chi connectivity index (χ1) is 15.8. The van der Waals surface area contributed by atoms with Crippen molar-refractivity contribution in [3.05, 3.63) is 95.2 Å². The highest BCUT2D eigenvalue weighted by Crippen LogP contribution is 2.24. The summed E-state index contributed by atoms with van der Waals surface area (Å²) in [6.07, 6.45) is 1.59. The third-order valence-electron chi connectivity index (χ3n) is 5.18. The Morgan fingerprint density at radius 3 is 2.61 bits per heavy atom. The second kappa shape index (κ2) is 9.32. The van der Waals surface area contributed by atoms with Gasteiger partial charge in [0.05, 0.1) is 6.54 Å². The summed E-state index contributed by atoms with van der Waals surface area (Å²) in [5.74, 6) is 1.28. The van der Waals surface area contributed by atoms with Gasteiger partial charge in [0.2, 0.25) is 5.95 Å². The molecule has 2 aromatic carbocycles. The SMILES string of the molecule is Cc1cccc(Cn2cnc(NC(=O)c3ccc(COc4ccc(C(C)(C)C)cc4)o3)n2)c1. The van der Waals surface area contributed by atoms with E-state index in [1.165, 1.54) is 11.1 Å². The second-order valence-electron chi connectivity index (χ2n) is 9.04. The molecule has 0 aliphatic rings. The number of carbonyl (C=O) groups is 1. The molecular weight excluding hydrogens is 416 g/mol. The van der Waals surface area contributed by atoms with E-state index in [1.807, 2.05) is 37.3 Å². The lowest BCUT2D eigenvalue weighted by Gasteiger charge is -2.19. The van der Waals surface area contributed by atoms with E-state index in [2.05, 4.69) is 54.4 Å². The number of hydrogen-bond acceptors (Lipinski definition) is 5. The minimum absolute atomic E-state index is 0.0904. The first kappa shape index (κ1) is 22.3. The zero-order chi connectivity index (χ0) is 23.4. The van der Waals surface area contributed by atoms with Crippen molar-refractivity contribution >= 4 is 11.9 Å². The summed E-state index contributed by atoms with van der Waals surface area (Å²) >= 11 is 0. The monoisotopic (exact) mass is 444 g/mol. The van der Waals surface area contributed by atoms with Crippen molar-refractivity contribution in [1.82, 2.24) is 14.8 Å². The summed E-state index contributed by atoms with van der Waals surface area (Å²) in [5, 5.41) is 6.98. The number of ether oxygens (including phenoxy) is 1. The van der Waals surface area contributed by atoms with Crippen LogP contribution in [0.15, 0.2) is 71.4 Å². The van der Waals surface area contributed by atoms with Crippen molar-refractivity contribution in [2.75, 3.05) is 5.32 Å². The van der Waals surface area contributed by atoms with E-state index in [4.69, 9.17) is 9.15 Å². The molecule has 0 aliphatic heterocycles. The molecule has 0 spiro atoms. The lowest BCUT2D eigenvalue weighted by atomic mass is 9.87. The van der Waals surface area contributed by atoms with Gasteiger partial charge in [0.25, 0.3) is 5.91 Å². The van der Waals surface area contributed by atoms with Gasteiger partial charge in [0.15, 0.2) is 5.76 Å². The molecule has 170 valence electrons. The van der Waals surface area contributed by atoms with E-state index >= 15 is 0 Å². The molecule has 0 aliphatic carbocycles. The zero-order valence-corrected chi connectivity index (χ0v) is 19.3. The Hall–Kier alpha value is -3.87. The van der Waals surface area contributed by atoms with Crippen LogP contribution >= 0.6 is 0 Å². The van der Waals surface area contributed by atoms with Gasteiger partial charge in [-0.1, -0.05) is 62.7 Å². The minimum atomic E-state index is -0.413. The fourth-order valence-corrected chi connectivity index (χ4v) is 3.37. The van der Waals surface area contributed by atoms with Crippen LogP contribution in [0.4, 0.5) is 5.95 Å². The Kier molecular flexibility index (Phi) is 6.31. The average molecular weight is 445 g/mol. The lowest BCUT2D eigenvalue weighted by molar-refractivity contribution is 0.0991. The number of aryl methyl sites for hydroxylation is 1. The number of aromatic nitrogens is 3. The van der Waals surface area contributed by atoms with Crippen molar-refractivity contribution < 1.29 is 13.9 Å². The topological polar surface area (TPSA) is 82.2 Å². The van der Waals surface area contributed by atoms with Gasteiger partial charge >= 0.3 is 0 Å². The molecule has 0 unspecified atom stereocenters. The van der Waals surface area contributed by atoms with E-state index in [9.17, 15) is 4.79 Å². The molecule has 0 fully saturated rings. The molecule has 4 aromatic rings. The first-order valence-electron chi connectivity index (χ1n) is 10.8. The lowest BCUT2D eigenvalue weighted by Crippen LogP contribution is -2.12. The molecular formula is C26H28N4O3. The first-order valence-corrected chi connectivity index (χ1v) is 10.8. The van der Waals surface area contributed by atoms with E-state index in [0.29, 0.717) is 12.3 Å². The summed E-state index contributed by atoms with van der Waals surface area (Å²) in [4.78, 5) is 16.7. The highest BCUT2D eigenvalue weighted by molar-refractivity contribution is 6.01. The van der Waals surface area contributed by atoms with E-state index in [-0.39, 0.29) is 23.7 Å². The molecule has 33 heavy (non-hydrogen) atoms. The van der Waals surface area contributed by atoms with Gasteiger partial charge < -0.3 is 9.15 Å². The van der Waals surface area contributed by atoms with Crippen molar-refractivity contribution in [2.24, 2.45) is 0 Å². The van der Waals surface area contributed by atoms with Crippen LogP contribution in [0.25, 0.3) is 0 Å². The number of rotatable bonds is 7.